The van der Waals surface area contributed by atoms with Gasteiger partial charge >= 0.3 is 0 Å². The third kappa shape index (κ3) is 3.06. The smallest absolute Gasteiger partial charge is 0.288 e. The number of nitrogens with zero attached hydrogens (tertiary/aromatic N) is 2. The molecule has 1 aromatic heterocycles. The third-order valence-corrected chi connectivity index (χ3v) is 4.21. The number of ether oxygens (including phenoxy) is 1. The van der Waals surface area contributed by atoms with Crippen molar-refractivity contribution in [1.29, 1.82) is 0 Å². The number of hydrogen-bond donors (Lipinski definition) is 1. The van der Waals surface area contributed by atoms with Gasteiger partial charge in [-0.15, -0.1) is 0 Å². The number of halogens is 1. The molecule has 0 saturated heterocycles. The number of fused-ring (bicyclic) bond motifs is 1. The average molecular weight is 334 g/mol. The summed E-state index contributed by atoms with van der Waals surface area (Å²) in [6.07, 6.45) is 2.42. The molecule has 1 aliphatic rings. The van der Waals surface area contributed by atoms with E-state index in [-0.39, 0.29) is 16.6 Å². The first-order valence-electron chi connectivity index (χ1n) is 7.64. The number of para-hydroxylation sites is 1. The van der Waals surface area contributed by atoms with Gasteiger partial charge in [0.05, 0.1) is 30.1 Å². The van der Waals surface area contributed by atoms with Gasteiger partial charge in [0.1, 0.15) is 10.8 Å². The van der Waals surface area contributed by atoms with Crippen molar-refractivity contribution in [2.24, 2.45) is 0 Å². The topological polar surface area (TPSA) is 56.1 Å². The molecule has 0 amide bonds. The van der Waals surface area contributed by atoms with E-state index in [1.807, 2.05) is 45.0 Å². The van der Waals surface area contributed by atoms with Gasteiger partial charge < -0.3 is 10.1 Å². The summed E-state index contributed by atoms with van der Waals surface area (Å²) in [5, 5.41) is 7.76. The maximum Gasteiger partial charge on any atom is 0.288 e. The predicted molar refractivity (Wildman–Crippen MR) is 91.4 cm³/mol. The van der Waals surface area contributed by atoms with Crippen LogP contribution in [0.2, 0.25) is 5.02 Å². The van der Waals surface area contributed by atoms with E-state index in [2.05, 4.69) is 10.4 Å². The van der Waals surface area contributed by atoms with Crippen LogP contribution >= 0.6 is 11.6 Å². The van der Waals surface area contributed by atoms with E-state index < -0.39 is 5.54 Å². The van der Waals surface area contributed by atoms with Gasteiger partial charge in [0.2, 0.25) is 0 Å². The summed E-state index contributed by atoms with van der Waals surface area (Å²) in [5.74, 6) is 0.864. The number of nitrogens with one attached hydrogen (secondary N) is 1. The van der Waals surface area contributed by atoms with Gasteiger partial charge in [0, 0.05) is 12.0 Å². The summed E-state index contributed by atoms with van der Waals surface area (Å²) in [7, 11) is 0. The molecule has 122 valence electrons. The molecule has 0 radical (unpaired) electrons. The molecule has 1 N–H and O–H groups in total. The van der Waals surface area contributed by atoms with Crippen molar-refractivity contribution in [3.8, 4) is 5.75 Å². The van der Waals surface area contributed by atoms with E-state index in [0.29, 0.717) is 12.3 Å². The lowest BCUT2D eigenvalue weighted by Crippen LogP contribution is -2.36. The lowest BCUT2D eigenvalue weighted by atomic mass is 10.0. The number of aromatic nitrogens is 2. The molecule has 6 heteroatoms. The Morgan fingerprint density at radius 1 is 1.35 bits per heavy atom. The Bertz CT molecular complexity index is 780. The average Bonchev–Trinajstić information content (AvgIpc) is 2.51. The van der Waals surface area contributed by atoms with Crippen LogP contribution in [0.4, 0.5) is 5.69 Å². The highest BCUT2D eigenvalue weighted by Gasteiger charge is 2.24. The second kappa shape index (κ2) is 5.89. The molecule has 1 aliphatic heterocycles. The normalized spacial score (nSPS) is 17.3. The maximum absolute atomic E-state index is 12.4. The Kier molecular flexibility index (Phi) is 4.06. The van der Waals surface area contributed by atoms with Crippen molar-refractivity contribution in [2.45, 2.75) is 38.8 Å². The Morgan fingerprint density at radius 2 is 2.09 bits per heavy atom. The highest BCUT2D eigenvalue weighted by molar-refractivity contribution is 6.32. The highest BCUT2D eigenvalue weighted by Crippen LogP contribution is 2.34. The quantitative estimate of drug-likeness (QED) is 0.912. The zero-order chi connectivity index (χ0) is 16.6. The lowest BCUT2D eigenvalue weighted by molar-refractivity contribution is 0.274. The largest absolute Gasteiger partial charge is 0.493 e. The second-order valence-electron chi connectivity index (χ2n) is 6.63. The van der Waals surface area contributed by atoms with Crippen LogP contribution in [0, 0.1) is 0 Å². The highest BCUT2D eigenvalue weighted by atomic mass is 35.5. The third-order valence-electron chi connectivity index (χ3n) is 3.84. The molecular formula is C17H20ClN3O2. The van der Waals surface area contributed by atoms with E-state index in [1.165, 1.54) is 4.68 Å². The monoisotopic (exact) mass is 333 g/mol. The van der Waals surface area contributed by atoms with Crippen LogP contribution in [0.5, 0.6) is 5.75 Å². The van der Waals surface area contributed by atoms with Crippen molar-refractivity contribution in [1.82, 2.24) is 9.78 Å². The molecule has 0 saturated carbocycles. The Hall–Kier alpha value is -2.01. The van der Waals surface area contributed by atoms with E-state index in [0.717, 1.165) is 17.7 Å². The molecule has 0 bridgehead atoms. The van der Waals surface area contributed by atoms with Gasteiger partial charge in [0.25, 0.3) is 5.56 Å². The molecule has 3 rings (SSSR count). The zero-order valence-electron chi connectivity index (χ0n) is 13.5. The fourth-order valence-electron chi connectivity index (χ4n) is 2.69. The molecule has 2 aromatic rings. The summed E-state index contributed by atoms with van der Waals surface area (Å²) in [4.78, 5) is 12.4. The summed E-state index contributed by atoms with van der Waals surface area (Å²) in [5.41, 5.74) is 0.919. The Balaban J connectivity index is 1.94. The summed E-state index contributed by atoms with van der Waals surface area (Å²) < 4.78 is 7.06. The van der Waals surface area contributed by atoms with Gasteiger partial charge in [0.15, 0.2) is 0 Å². The van der Waals surface area contributed by atoms with Gasteiger partial charge in [-0.3, -0.25) is 4.79 Å². The standard InChI is InChI=1S/C17H20ClN3O2/c1-17(2,3)21-16(22)15(18)13(10-19-21)20-12-8-9-23-14-7-5-4-6-11(12)14/h4-7,10,12,20H,8-9H2,1-3H3/t12-/m0/s1. The Morgan fingerprint density at radius 3 is 2.83 bits per heavy atom. The molecule has 23 heavy (non-hydrogen) atoms. The first-order chi connectivity index (χ1) is 10.9. The van der Waals surface area contributed by atoms with Crippen LogP contribution in [-0.2, 0) is 5.54 Å². The Labute approximate surface area is 140 Å². The molecule has 0 spiro atoms. The van der Waals surface area contributed by atoms with Gasteiger partial charge in [-0.05, 0) is 26.8 Å². The molecule has 0 fully saturated rings. The molecule has 0 aliphatic carbocycles. The molecule has 5 nitrogen and oxygen atoms in total. The van der Waals surface area contributed by atoms with Crippen LogP contribution in [0.1, 0.15) is 38.8 Å². The molecule has 0 unspecified atom stereocenters. The number of hydrogen-bond acceptors (Lipinski definition) is 4. The molecular weight excluding hydrogens is 314 g/mol. The van der Waals surface area contributed by atoms with E-state index in [4.69, 9.17) is 16.3 Å². The second-order valence-corrected chi connectivity index (χ2v) is 7.01. The predicted octanol–water partition coefficient (Wildman–Crippen LogP) is 3.59. The number of anilines is 1. The summed E-state index contributed by atoms with van der Waals surface area (Å²) in [6, 6.07) is 7.92. The van der Waals surface area contributed by atoms with Crippen molar-refractivity contribution >= 4 is 17.3 Å². The van der Waals surface area contributed by atoms with Gasteiger partial charge in [-0.2, -0.15) is 5.10 Å². The molecule has 2 heterocycles. The van der Waals surface area contributed by atoms with Crippen LogP contribution in [0.15, 0.2) is 35.3 Å². The minimum absolute atomic E-state index is 0.0455. The van der Waals surface area contributed by atoms with E-state index in [9.17, 15) is 4.79 Å². The number of rotatable bonds is 2. The van der Waals surface area contributed by atoms with Crippen molar-refractivity contribution < 1.29 is 4.74 Å². The van der Waals surface area contributed by atoms with Crippen molar-refractivity contribution in [3.05, 3.63) is 51.4 Å². The lowest BCUT2D eigenvalue weighted by Gasteiger charge is -2.28. The van der Waals surface area contributed by atoms with Crippen LogP contribution < -0.4 is 15.6 Å². The minimum Gasteiger partial charge on any atom is -0.493 e. The van der Waals surface area contributed by atoms with Gasteiger partial charge in [-0.1, -0.05) is 29.8 Å². The minimum atomic E-state index is -0.412. The number of benzene rings is 1. The summed E-state index contributed by atoms with van der Waals surface area (Å²) >= 11 is 6.28. The zero-order valence-corrected chi connectivity index (χ0v) is 14.2. The fourth-order valence-corrected chi connectivity index (χ4v) is 2.87. The molecule has 1 atom stereocenters. The fraction of sp³-hybridized carbons (Fsp3) is 0.412. The van der Waals surface area contributed by atoms with Crippen molar-refractivity contribution in [2.75, 3.05) is 11.9 Å². The first-order valence-corrected chi connectivity index (χ1v) is 8.02. The van der Waals surface area contributed by atoms with E-state index >= 15 is 0 Å². The molecule has 1 aromatic carbocycles. The van der Waals surface area contributed by atoms with Crippen LogP contribution in [0.25, 0.3) is 0 Å². The SMILES string of the molecule is CC(C)(C)n1ncc(N[C@H]2CCOc3ccccc32)c(Cl)c1=O. The maximum atomic E-state index is 12.4. The summed E-state index contributed by atoms with van der Waals surface area (Å²) in [6.45, 7) is 6.37. The van der Waals surface area contributed by atoms with Crippen molar-refractivity contribution in [3.63, 3.8) is 0 Å². The van der Waals surface area contributed by atoms with E-state index in [1.54, 1.807) is 6.20 Å². The first kappa shape index (κ1) is 15.9. The van der Waals surface area contributed by atoms with Crippen LogP contribution in [0.3, 0.4) is 0 Å². The van der Waals surface area contributed by atoms with Crippen LogP contribution in [-0.4, -0.2) is 16.4 Å². The van der Waals surface area contributed by atoms with Gasteiger partial charge in [-0.25, -0.2) is 4.68 Å².